The molecule has 2 amide bonds. The average Bonchev–Trinajstić information content (AvgIpc) is 3.23. The quantitative estimate of drug-likeness (QED) is 0.310. The van der Waals surface area contributed by atoms with E-state index in [1.165, 1.54) is 15.5 Å². The van der Waals surface area contributed by atoms with Crippen molar-refractivity contribution >= 4 is 28.5 Å². The molecule has 3 rings (SSSR count). The van der Waals surface area contributed by atoms with E-state index in [9.17, 15) is 18.8 Å². The van der Waals surface area contributed by atoms with Crippen LogP contribution < -0.4 is 15.6 Å². The van der Waals surface area contributed by atoms with Crippen LogP contribution in [-0.2, 0) is 16.1 Å². The van der Waals surface area contributed by atoms with Gasteiger partial charge in [-0.3, -0.25) is 19.4 Å². The van der Waals surface area contributed by atoms with Gasteiger partial charge in [0.1, 0.15) is 11.2 Å². The van der Waals surface area contributed by atoms with Gasteiger partial charge < -0.3 is 24.5 Å². The minimum absolute atomic E-state index is 0.106. The van der Waals surface area contributed by atoms with E-state index < -0.39 is 5.82 Å². The fourth-order valence-electron chi connectivity index (χ4n) is 3.42. The van der Waals surface area contributed by atoms with Gasteiger partial charge >= 0.3 is 0 Å². The summed E-state index contributed by atoms with van der Waals surface area (Å²) < 4.78 is 21.4. The Labute approximate surface area is 209 Å². The maximum atomic E-state index is 14.3. The zero-order valence-corrected chi connectivity index (χ0v) is 21.0. The van der Waals surface area contributed by atoms with Gasteiger partial charge in [0.15, 0.2) is 11.6 Å². The second kappa shape index (κ2) is 12.1. The van der Waals surface area contributed by atoms with Crippen molar-refractivity contribution in [1.82, 2.24) is 19.4 Å². The third kappa shape index (κ3) is 7.03. The van der Waals surface area contributed by atoms with E-state index >= 15 is 0 Å². The molecule has 2 N–H and O–H groups in total. The first-order valence-electron chi connectivity index (χ1n) is 11.8. The van der Waals surface area contributed by atoms with E-state index in [1.54, 1.807) is 44.6 Å². The Bertz CT molecular complexity index is 1310. The SMILES string of the molecule is CC(C)COc1c(F)cnc2cc(Cn3cccc(NC(=O)CCC/C=C/C(=O)N(C)C)c3=O)[nH]c12. The van der Waals surface area contributed by atoms with Crippen molar-refractivity contribution in [3.8, 4) is 5.75 Å². The van der Waals surface area contributed by atoms with E-state index in [0.29, 0.717) is 36.2 Å². The first-order chi connectivity index (χ1) is 17.2. The minimum Gasteiger partial charge on any atom is -0.488 e. The summed E-state index contributed by atoms with van der Waals surface area (Å²) >= 11 is 0. The van der Waals surface area contributed by atoms with Gasteiger partial charge in [-0.1, -0.05) is 19.9 Å². The molecule has 0 aromatic carbocycles. The predicted octanol–water partition coefficient (Wildman–Crippen LogP) is 3.70. The number of hydrogen-bond donors (Lipinski definition) is 2. The molecule has 0 aliphatic heterocycles. The van der Waals surface area contributed by atoms with Gasteiger partial charge in [-0.15, -0.1) is 0 Å². The number of nitrogens with zero attached hydrogens (tertiary/aromatic N) is 3. The number of rotatable bonds is 11. The van der Waals surface area contributed by atoms with Crippen LogP contribution in [0.1, 0.15) is 38.8 Å². The number of aromatic nitrogens is 3. The van der Waals surface area contributed by atoms with Gasteiger partial charge in [-0.25, -0.2) is 4.39 Å². The number of carbonyl (C=O) groups excluding carboxylic acids is 2. The number of H-pyrrole nitrogens is 1. The fraction of sp³-hybridized carbons (Fsp3) is 0.385. The average molecular weight is 498 g/mol. The largest absolute Gasteiger partial charge is 0.488 e. The Morgan fingerprint density at radius 3 is 2.83 bits per heavy atom. The van der Waals surface area contributed by atoms with Crippen molar-refractivity contribution < 1.29 is 18.7 Å². The molecule has 9 nitrogen and oxygen atoms in total. The zero-order valence-electron chi connectivity index (χ0n) is 21.0. The lowest BCUT2D eigenvalue weighted by molar-refractivity contribution is -0.123. The molecule has 10 heteroatoms. The molecule has 0 fully saturated rings. The molecule has 0 spiro atoms. The number of unbranched alkanes of at least 4 members (excludes halogenated alkanes) is 1. The van der Waals surface area contributed by atoms with Crippen LogP contribution in [0, 0.1) is 11.7 Å². The number of ether oxygens (including phenoxy) is 1. The standard InChI is InChI=1S/C26H32FN5O4/c1-17(2)16-36-25-19(27)14-28-21-13-18(29-24(21)25)15-32-12-8-9-20(26(32)35)30-22(33)10-6-5-7-11-23(34)31(3)4/h7-9,11-14,17,29H,5-6,10,15-16H2,1-4H3,(H,30,33)/b11-7+. The van der Waals surface area contributed by atoms with Gasteiger partial charge in [-0.05, 0) is 43.0 Å². The Morgan fingerprint density at radius 2 is 2.11 bits per heavy atom. The Kier molecular flexibility index (Phi) is 8.99. The second-order valence-corrected chi connectivity index (χ2v) is 9.13. The topological polar surface area (TPSA) is 109 Å². The summed E-state index contributed by atoms with van der Waals surface area (Å²) in [6.45, 7) is 4.48. The van der Waals surface area contributed by atoms with Crippen molar-refractivity contribution in [3.63, 3.8) is 0 Å². The first-order valence-corrected chi connectivity index (χ1v) is 11.8. The summed E-state index contributed by atoms with van der Waals surface area (Å²) in [6.07, 6.45) is 7.27. The Morgan fingerprint density at radius 1 is 1.33 bits per heavy atom. The molecule has 36 heavy (non-hydrogen) atoms. The highest BCUT2D eigenvalue weighted by Crippen LogP contribution is 2.28. The highest BCUT2D eigenvalue weighted by molar-refractivity contribution is 5.90. The molecular weight excluding hydrogens is 465 g/mol. The van der Waals surface area contributed by atoms with Crippen LogP contribution in [0.2, 0.25) is 0 Å². The lowest BCUT2D eigenvalue weighted by Crippen LogP contribution is -2.25. The molecule has 3 aromatic heterocycles. The van der Waals surface area contributed by atoms with Crippen LogP contribution in [0.25, 0.3) is 11.0 Å². The number of hydrogen-bond acceptors (Lipinski definition) is 5. The molecule has 0 bridgehead atoms. The van der Waals surface area contributed by atoms with Gasteiger partial charge in [0.2, 0.25) is 11.8 Å². The Hall–Kier alpha value is -3.95. The number of halogens is 1. The van der Waals surface area contributed by atoms with Crippen molar-refractivity contribution in [1.29, 1.82) is 0 Å². The summed E-state index contributed by atoms with van der Waals surface area (Å²) in [7, 11) is 3.34. The predicted molar refractivity (Wildman–Crippen MR) is 137 cm³/mol. The number of anilines is 1. The minimum atomic E-state index is -0.557. The van der Waals surface area contributed by atoms with Crippen LogP contribution in [0.4, 0.5) is 10.1 Å². The maximum Gasteiger partial charge on any atom is 0.274 e. The Balaban J connectivity index is 1.66. The van der Waals surface area contributed by atoms with E-state index in [1.807, 2.05) is 13.8 Å². The molecular formula is C26H32FN5O4. The number of pyridine rings is 2. The zero-order chi connectivity index (χ0) is 26.2. The number of aromatic amines is 1. The molecule has 192 valence electrons. The lowest BCUT2D eigenvalue weighted by atomic mass is 10.2. The van der Waals surface area contributed by atoms with Crippen LogP contribution in [-0.4, -0.2) is 52.0 Å². The smallest absolute Gasteiger partial charge is 0.274 e. The van der Waals surface area contributed by atoms with Crippen molar-refractivity contribution in [2.24, 2.45) is 5.92 Å². The van der Waals surface area contributed by atoms with Gasteiger partial charge in [-0.2, -0.15) is 0 Å². The van der Waals surface area contributed by atoms with Gasteiger partial charge in [0, 0.05) is 32.4 Å². The number of fused-ring (bicyclic) bond motifs is 1. The van der Waals surface area contributed by atoms with E-state index in [-0.39, 0.29) is 47.7 Å². The lowest BCUT2D eigenvalue weighted by Gasteiger charge is -2.10. The number of carbonyl (C=O) groups is 2. The fourth-order valence-corrected chi connectivity index (χ4v) is 3.42. The van der Waals surface area contributed by atoms with E-state index in [4.69, 9.17) is 4.74 Å². The number of amides is 2. The van der Waals surface area contributed by atoms with Gasteiger partial charge in [0.25, 0.3) is 5.56 Å². The molecule has 0 aliphatic carbocycles. The van der Waals surface area contributed by atoms with Crippen molar-refractivity contribution in [2.45, 2.75) is 39.7 Å². The molecule has 0 radical (unpaired) electrons. The van der Waals surface area contributed by atoms with E-state index in [0.717, 1.165) is 6.20 Å². The molecule has 0 aliphatic rings. The normalized spacial score (nSPS) is 11.4. The number of nitrogens with one attached hydrogen (secondary N) is 2. The highest BCUT2D eigenvalue weighted by atomic mass is 19.1. The number of likely N-dealkylation sites (N-methyl/N-ethyl adjacent to an activating group) is 1. The maximum absolute atomic E-state index is 14.3. The first kappa shape index (κ1) is 26.7. The van der Waals surface area contributed by atoms with Crippen LogP contribution in [0.5, 0.6) is 5.75 Å². The third-order valence-corrected chi connectivity index (χ3v) is 5.29. The van der Waals surface area contributed by atoms with Crippen molar-refractivity contribution in [3.05, 3.63) is 64.6 Å². The van der Waals surface area contributed by atoms with Crippen molar-refractivity contribution in [2.75, 3.05) is 26.0 Å². The summed E-state index contributed by atoms with van der Waals surface area (Å²) in [5.74, 6) is -0.622. The molecule has 3 aromatic rings. The molecule has 0 saturated heterocycles. The molecule has 0 unspecified atom stereocenters. The summed E-state index contributed by atoms with van der Waals surface area (Å²) in [5, 5.41) is 2.66. The monoisotopic (exact) mass is 497 g/mol. The van der Waals surface area contributed by atoms with Gasteiger partial charge in [0.05, 0.1) is 24.9 Å². The molecule has 0 saturated carbocycles. The summed E-state index contributed by atoms with van der Waals surface area (Å²) in [4.78, 5) is 45.4. The second-order valence-electron chi connectivity index (χ2n) is 9.13. The van der Waals surface area contributed by atoms with Crippen LogP contribution in [0.15, 0.2) is 47.5 Å². The molecule has 3 heterocycles. The number of allylic oxidation sites excluding steroid dienone is 1. The third-order valence-electron chi connectivity index (χ3n) is 5.29. The summed E-state index contributed by atoms with van der Waals surface area (Å²) in [6, 6.07) is 4.96. The van der Waals surface area contributed by atoms with Crippen LogP contribution in [0.3, 0.4) is 0 Å². The van der Waals surface area contributed by atoms with E-state index in [2.05, 4.69) is 15.3 Å². The molecule has 0 atom stereocenters. The highest BCUT2D eigenvalue weighted by Gasteiger charge is 2.15. The van der Waals surface area contributed by atoms with Crippen LogP contribution >= 0.6 is 0 Å². The summed E-state index contributed by atoms with van der Waals surface area (Å²) in [5.41, 5.74) is 1.41.